The number of amides is 2. The molecule has 0 saturated carbocycles. The summed E-state index contributed by atoms with van der Waals surface area (Å²) in [7, 11) is 1.53. The molecule has 0 bridgehead atoms. The van der Waals surface area contributed by atoms with Crippen molar-refractivity contribution in [3.8, 4) is 0 Å². The zero-order valence-electron chi connectivity index (χ0n) is 9.78. The summed E-state index contributed by atoms with van der Waals surface area (Å²) < 4.78 is 0. The summed E-state index contributed by atoms with van der Waals surface area (Å²) in [5.41, 5.74) is 0.264. The van der Waals surface area contributed by atoms with Gasteiger partial charge in [-0.05, 0) is 12.1 Å². The molecule has 0 aromatic carbocycles. The van der Waals surface area contributed by atoms with E-state index < -0.39 is 0 Å². The van der Waals surface area contributed by atoms with Gasteiger partial charge in [0, 0.05) is 27.1 Å². The van der Waals surface area contributed by atoms with Crippen LogP contribution in [0.2, 0.25) is 0 Å². The van der Waals surface area contributed by atoms with Gasteiger partial charge in [0.05, 0.1) is 0 Å². The Hall–Kier alpha value is -2.18. The normalized spacial score (nSPS) is 9.53. The molecule has 1 aromatic heterocycles. The van der Waals surface area contributed by atoms with Gasteiger partial charge in [-0.15, -0.1) is 10.2 Å². The van der Waals surface area contributed by atoms with Crippen LogP contribution in [0.4, 0.5) is 5.82 Å². The number of nitrogens with one attached hydrogen (secondary N) is 3. The lowest BCUT2D eigenvalue weighted by Crippen LogP contribution is -2.26. The molecule has 0 fully saturated rings. The molecule has 0 aliphatic carbocycles. The van der Waals surface area contributed by atoms with Crippen molar-refractivity contribution in [1.82, 2.24) is 20.8 Å². The van der Waals surface area contributed by atoms with Gasteiger partial charge in [-0.1, -0.05) is 0 Å². The molecule has 2 amide bonds. The Labute approximate surface area is 99.0 Å². The van der Waals surface area contributed by atoms with Gasteiger partial charge in [0.15, 0.2) is 5.69 Å². The van der Waals surface area contributed by atoms with Gasteiger partial charge < -0.3 is 16.0 Å². The van der Waals surface area contributed by atoms with E-state index in [-0.39, 0.29) is 17.5 Å². The number of aromatic nitrogens is 2. The van der Waals surface area contributed by atoms with Crippen LogP contribution in [0.1, 0.15) is 17.4 Å². The third-order valence-corrected chi connectivity index (χ3v) is 1.93. The van der Waals surface area contributed by atoms with E-state index >= 15 is 0 Å². The van der Waals surface area contributed by atoms with Crippen molar-refractivity contribution in [3.63, 3.8) is 0 Å². The van der Waals surface area contributed by atoms with Crippen LogP contribution < -0.4 is 16.0 Å². The molecule has 17 heavy (non-hydrogen) atoms. The lowest BCUT2D eigenvalue weighted by atomic mass is 10.3. The molecular formula is C10H15N5O2. The fourth-order valence-corrected chi connectivity index (χ4v) is 1.10. The topological polar surface area (TPSA) is 96.0 Å². The molecule has 3 N–H and O–H groups in total. The van der Waals surface area contributed by atoms with Crippen molar-refractivity contribution in [3.05, 3.63) is 17.8 Å². The maximum Gasteiger partial charge on any atom is 0.271 e. The largest absolute Gasteiger partial charge is 0.367 e. The lowest BCUT2D eigenvalue weighted by molar-refractivity contribution is -0.118. The first kappa shape index (κ1) is 12.9. The molecule has 0 saturated heterocycles. The Balaban J connectivity index is 2.40. The molecule has 7 nitrogen and oxygen atoms in total. The average Bonchev–Trinajstić information content (AvgIpc) is 2.34. The molecule has 0 unspecified atom stereocenters. The van der Waals surface area contributed by atoms with E-state index in [1.165, 1.54) is 14.0 Å². The average molecular weight is 237 g/mol. The number of rotatable bonds is 5. The number of nitrogens with zero attached hydrogens (tertiary/aromatic N) is 2. The molecule has 0 radical (unpaired) electrons. The van der Waals surface area contributed by atoms with E-state index in [9.17, 15) is 9.59 Å². The molecule has 0 aliphatic rings. The van der Waals surface area contributed by atoms with Gasteiger partial charge in [-0.3, -0.25) is 9.59 Å². The highest BCUT2D eigenvalue weighted by atomic mass is 16.2. The van der Waals surface area contributed by atoms with E-state index in [1.54, 1.807) is 12.1 Å². The summed E-state index contributed by atoms with van der Waals surface area (Å²) in [6.07, 6.45) is 0. The Morgan fingerprint density at radius 3 is 2.53 bits per heavy atom. The van der Waals surface area contributed by atoms with E-state index in [2.05, 4.69) is 26.1 Å². The predicted molar refractivity (Wildman–Crippen MR) is 62.6 cm³/mol. The third-order valence-electron chi connectivity index (χ3n) is 1.93. The number of carbonyl (C=O) groups excluding carboxylic acids is 2. The summed E-state index contributed by atoms with van der Waals surface area (Å²) in [6, 6.07) is 3.23. The summed E-state index contributed by atoms with van der Waals surface area (Å²) in [5.74, 6) is 0.207. The quantitative estimate of drug-likeness (QED) is 0.593. The van der Waals surface area contributed by atoms with Crippen molar-refractivity contribution >= 4 is 17.6 Å². The first-order valence-corrected chi connectivity index (χ1v) is 5.17. The SMILES string of the molecule is CNC(=O)c1ccc(NCCNC(C)=O)nn1. The zero-order valence-corrected chi connectivity index (χ0v) is 9.78. The first-order valence-electron chi connectivity index (χ1n) is 5.17. The van der Waals surface area contributed by atoms with Crippen molar-refractivity contribution in [2.75, 3.05) is 25.5 Å². The number of carbonyl (C=O) groups is 2. The molecule has 1 rings (SSSR count). The summed E-state index contributed by atoms with van der Waals surface area (Å²) in [4.78, 5) is 21.8. The Morgan fingerprint density at radius 2 is 2.00 bits per heavy atom. The first-order chi connectivity index (χ1) is 8.13. The fraction of sp³-hybridized carbons (Fsp3) is 0.400. The summed E-state index contributed by atoms with van der Waals surface area (Å²) in [5, 5.41) is 15.6. The molecule has 1 heterocycles. The van der Waals surface area contributed by atoms with Crippen LogP contribution in [-0.4, -0.2) is 42.1 Å². The number of hydrogen-bond acceptors (Lipinski definition) is 5. The van der Waals surface area contributed by atoms with Crippen molar-refractivity contribution in [2.24, 2.45) is 0 Å². The van der Waals surface area contributed by atoms with Crippen molar-refractivity contribution < 1.29 is 9.59 Å². The Bertz CT molecular complexity index is 390. The van der Waals surface area contributed by atoms with Crippen LogP contribution in [0.5, 0.6) is 0 Å². The van der Waals surface area contributed by atoms with Crippen LogP contribution in [0.25, 0.3) is 0 Å². The summed E-state index contributed by atoms with van der Waals surface area (Å²) in [6.45, 7) is 2.51. The van der Waals surface area contributed by atoms with E-state index in [4.69, 9.17) is 0 Å². The monoisotopic (exact) mass is 237 g/mol. The fourth-order valence-electron chi connectivity index (χ4n) is 1.10. The highest BCUT2D eigenvalue weighted by molar-refractivity contribution is 5.91. The second kappa shape index (κ2) is 6.41. The van der Waals surface area contributed by atoms with E-state index in [1.807, 2.05) is 0 Å². The highest BCUT2D eigenvalue weighted by Gasteiger charge is 2.04. The van der Waals surface area contributed by atoms with Gasteiger partial charge in [0.25, 0.3) is 5.91 Å². The molecule has 7 heteroatoms. The van der Waals surface area contributed by atoms with Gasteiger partial charge in [-0.25, -0.2) is 0 Å². The smallest absolute Gasteiger partial charge is 0.271 e. The van der Waals surface area contributed by atoms with Gasteiger partial charge in [0.2, 0.25) is 5.91 Å². The molecule has 1 aromatic rings. The van der Waals surface area contributed by atoms with Gasteiger partial charge >= 0.3 is 0 Å². The summed E-state index contributed by atoms with van der Waals surface area (Å²) >= 11 is 0. The maximum absolute atomic E-state index is 11.2. The van der Waals surface area contributed by atoms with Crippen LogP contribution in [0.15, 0.2) is 12.1 Å². The predicted octanol–water partition coefficient (Wildman–Crippen LogP) is -0.616. The van der Waals surface area contributed by atoms with Crippen LogP contribution in [-0.2, 0) is 4.79 Å². The second-order valence-electron chi connectivity index (χ2n) is 3.29. The highest BCUT2D eigenvalue weighted by Crippen LogP contribution is 2.00. The second-order valence-corrected chi connectivity index (χ2v) is 3.29. The standard InChI is InChI=1S/C10H15N5O2/c1-7(16)12-5-6-13-9-4-3-8(14-15-9)10(17)11-2/h3-4H,5-6H2,1-2H3,(H,11,17)(H,12,16)(H,13,15). The van der Waals surface area contributed by atoms with Crippen LogP contribution in [0, 0.1) is 0 Å². The Kier molecular flexibility index (Phi) is 4.86. The van der Waals surface area contributed by atoms with Crippen molar-refractivity contribution in [2.45, 2.75) is 6.92 Å². The molecule has 0 spiro atoms. The number of anilines is 1. The van der Waals surface area contributed by atoms with E-state index in [0.29, 0.717) is 18.9 Å². The zero-order chi connectivity index (χ0) is 12.7. The molecule has 92 valence electrons. The van der Waals surface area contributed by atoms with Crippen LogP contribution in [0.3, 0.4) is 0 Å². The molecule has 0 aliphatic heterocycles. The minimum Gasteiger partial charge on any atom is -0.367 e. The molecular weight excluding hydrogens is 222 g/mol. The van der Waals surface area contributed by atoms with Gasteiger partial charge in [0.1, 0.15) is 5.82 Å². The number of hydrogen-bond donors (Lipinski definition) is 3. The van der Waals surface area contributed by atoms with Gasteiger partial charge in [-0.2, -0.15) is 0 Å². The van der Waals surface area contributed by atoms with Crippen LogP contribution >= 0.6 is 0 Å². The minimum atomic E-state index is -0.276. The minimum absolute atomic E-state index is 0.0761. The van der Waals surface area contributed by atoms with Crippen molar-refractivity contribution in [1.29, 1.82) is 0 Å². The maximum atomic E-state index is 11.2. The lowest BCUT2D eigenvalue weighted by Gasteiger charge is -2.05. The van der Waals surface area contributed by atoms with E-state index in [0.717, 1.165) is 0 Å². The molecule has 0 atom stereocenters. The Morgan fingerprint density at radius 1 is 1.24 bits per heavy atom. The third kappa shape index (κ3) is 4.45.